The van der Waals surface area contributed by atoms with E-state index in [1.807, 2.05) is 0 Å². The second kappa shape index (κ2) is 1.27. The Morgan fingerprint density at radius 1 is 1.89 bits per heavy atom. The standard InChI is InChI=1S/C5H8N2O2/c6-4(8)5-2-1-3(7-5)9-5/h3,7H,1-2H2,(H2,6,8). The Hall–Kier alpha value is -0.610. The van der Waals surface area contributed by atoms with Crippen molar-refractivity contribution in [2.45, 2.75) is 24.8 Å². The number of ether oxygens (including phenoxy) is 1. The fourth-order valence-electron chi connectivity index (χ4n) is 1.36. The maximum absolute atomic E-state index is 10.6. The van der Waals surface area contributed by atoms with Gasteiger partial charge in [-0.3, -0.25) is 10.1 Å². The Balaban J connectivity index is 2.19. The molecule has 3 aliphatic rings. The summed E-state index contributed by atoms with van der Waals surface area (Å²) in [6.07, 6.45) is 1.73. The first-order valence-electron chi connectivity index (χ1n) is 2.98. The highest BCUT2D eigenvalue weighted by Crippen LogP contribution is 2.36. The third kappa shape index (κ3) is 0.469. The summed E-state index contributed by atoms with van der Waals surface area (Å²) in [5.74, 6) is -0.392. The van der Waals surface area contributed by atoms with Crippen LogP contribution in [0.4, 0.5) is 0 Å². The fourth-order valence-corrected chi connectivity index (χ4v) is 1.36. The Bertz CT molecular complexity index is 157. The molecule has 2 unspecified atom stereocenters. The van der Waals surface area contributed by atoms with Crippen molar-refractivity contribution >= 4 is 5.91 Å². The van der Waals surface area contributed by atoms with Gasteiger partial charge in [0.25, 0.3) is 5.91 Å². The highest BCUT2D eigenvalue weighted by molar-refractivity contribution is 5.84. The van der Waals surface area contributed by atoms with Crippen molar-refractivity contribution in [3.05, 3.63) is 0 Å². The maximum atomic E-state index is 10.6. The van der Waals surface area contributed by atoms with Crippen molar-refractivity contribution in [3.63, 3.8) is 0 Å². The molecule has 0 aromatic rings. The van der Waals surface area contributed by atoms with Crippen LogP contribution in [0.5, 0.6) is 0 Å². The van der Waals surface area contributed by atoms with E-state index in [4.69, 9.17) is 10.5 Å². The first-order valence-corrected chi connectivity index (χ1v) is 2.98. The predicted molar refractivity (Wildman–Crippen MR) is 29.2 cm³/mol. The van der Waals surface area contributed by atoms with Gasteiger partial charge in [-0.25, -0.2) is 0 Å². The smallest absolute Gasteiger partial charge is 0.265 e. The van der Waals surface area contributed by atoms with Gasteiger partial charge in [-0.2, -0.15) is 0 Å². The summed E-state index contributed by atoms with van der Waals surface area (Å²) in [5.41, 5.74) is 4.27. The lowest BCUT2D eigenvalue weighted by Crippen LogP contribution is -2.65. The van der Waals surface area contributed by atoms with E-state index in [0.29, 0.717) is 0 Å². The number of nitrogens with one attached hydrogen (secondary N) is 1. The molecule has 1 amide bonds. The molecule has 3 N–H and O–H groups in total. The van der Waals surface area contributed by atoms with Crippen LogP contribution in [0, 0.1) is 0 Å². The van der Waals surface area contributed by atoms with Gasteiger partial charge < -0.3 is 10.5 Å². The van der Waals surface area contributed by atoms with Gasteiger partial charge in [0.1, 0.15) is 6.23 Å². The third-order valence-electron chi connectivity index (χ3n) is 1.89. The summed E-state index contributed by atoms with van der Waals surface area (Å²) in [6.45, 7) is 0. The van der Waals surface area contributed by atoms with Gasteiger partial charge in [0.2, 0.25) is 5.72 Å². The SMILES string of the molecule is NC(=O)C12CCC(N1)O2. The second-order valence-electron chi connectivity index (χ2n) is 2.48. The zero-order valence-corrected chi connectivity index (χ0v) is 4.89. The molecule has 2 bridgehead atoms. The molecule has 0 radical (unpaired) electrons. The van der Waals surface area contributed by atoms with Gasteiger partial charge in [0.05, 0.1) is 0 Å². The van der Waals surface area contributed by atoms with E-state index in [0.717, 1.165) is 12.8 Å². The average molecular weight is 128 g/mol. The van der Waals surface area contributed by atoms with E-state index >= 15 is 0 Å². The van der Waals surface area contributed by atoms with Gasteiger partial charge in [0.15, 0.2) is 0 Å². The number of rotatable bonds is 1. The zero-order chi connectivity index (χ0) is 6.48. The van der Waals surface area contributed by atoms with Crippen molar-refractivity contribution in [2.75, 3.05) is 0 Å². The normalized spacial score (nSPS) is 46.4. The molecule has 3 aliphatic heterocycles. The fraction of sp³-hybridized carbons (Fsp3) is 0.800. The monoisotopic (exact) mass is 128 g/mol. The quantitative estimate of drug-likeness (QED) is 0.471. The number of fused-ring (bicyclic) bond motifs is 1. The third-order valence-corrected chi connectivity index (χ3v) is 1.89. The Labute approximate surface area is 52.4 Å². The molecule has 3 heterocycles. The minimum absolute atomic E-state index is 0.0949. The summed E-state index contributed by atoms with van der Waals surface area (Å²) in [6, 6.07) is 0. The van der Waals surface area contributed by atoms with E-state index in [1.165, 1.54) is 0 Å². The molecule has 9 heavy (non-hydrogen) atoms. The van der Waals surface area contributed by atoms with Gasteiger partial charge in [0, 0.05) is 6.42 Å². The molecule has 0 aromatic carbocycles. The molecular formula is C5H8N2O2. The molecule has 0 saturated carbocycles. The van der Waals surface area contributed by atoms with Crippen LogP contribution in [0.15, 0.2) is 0 Å². The molecule has 3 saturated heterocycles. The zero-order valence-electron chi connectivity index (χ0n) is 4.89. The van der Waals surface area contributed by atoms with Crippen LogP contribution >= 0.6 is 0 Å². The van der Waals surface area contributed by atoms with Crippen molar-refractivity contribution in [3.8, 4) is 0 Å². The van der Waals surface area contributed by atoms with Crippen LogP contribution in [-0.4, -0.2) is 17.9 Å². The van der Waals surface area contributed by atoms with E-state index in [1.54, 1.807) is 0 Å². The molecule has 3 rings (SSSR count). The summed E-state index contributed by atoms with van der Waals surface area (Å²) < 4.78 is 5.11. The van der Waals surface area contributed by atoms with Crippen LogP contribution in [0.1, 0.15) is 12.8 Å². The minimum Gasteiger partial charge on any atom is -0.366 e. The highest BCUT2D eigenvalue weighted by atomic mass is 16.6. The minimum atomic E-state index is -0.773. The number of hydrogen-bond donors (Lipinski definition) is 2. The van der Waals surface area contributed by atoms with Gasteiger partial charge in [-0.1, -0.05) is 0 Å². The lowest BCUT2D eigenvalue weighted by atomic mass is 10.2. The number of carbonyl (C=O) groups is 1. The van der Waals surface area contributed by atoms with E-state index in [9.17, 15) is 4.79 Å². The van der Waals surface area contributed by atoms with E-state index < -0.39 is 11.6 Å². The number of hydrogen-bond acceptors (Lipinski definition) is 3. The van der Waals surface area contributed by atoms with Gasteiger partial charge >= 0.3 is 0 Å². The molecule has 3 fully saturated rings. The van der Waals surface area contributed by atoms with Gasteiger partial charge in [-0.15, -0.1) is 0 Å². The van der Waals surface area contributed by atoms with Crippen LogP contribution in [0.25, 0.3) is 0 Å². The molecule has 0 aliphatic carbocycles. The topological polar surface area (TPSA) is 64.4 Å². The molecule has 4 heteroatoms. The first kappa shape index (κ1) is 5.20. The molecule has 4 nitrogen and oxygen atoms in total. The lowest BCUT2D eigenvalue weighted by molar-refractivity contribution is -0.194. The number of primary amides is 1. The van der Waals surface area contributed by atoms with Crippen molar-refractivity contribution in [2.24, 2.45) is 5.73 Å². The predicted octanol–water partition coefficient (Wildman–Crippen LogP) is -1.09. The largest absolute Gasteiger partial charge is 0.366 e. The first-order chi connectivity index (χ1) is 4.23. The number of carbonyl (C=O) groups excluding carboxylic acids is 1. The molecule has 2 atom stereocenters. The number of nitrogens with two attached hydrogens (primary N) is 1. The Kier molecular flexibility index (Phi) is 0.736. The summed E-state index contributed by atoms with van der Waals surface area (Å²) >= 11 is 0. The molecule has 0 spiro atoms. The lowest BCUT2D eigenvalue weighted by Gasteiger charge is -2.36. The van der Waals surface area contributed by atoms with Crippen molar-refractivity contribution < 1.29 is 9.53 Å². The summed E-state index contributed by atoms with van der Waals surface area (Å²) in [7, 11) is 0. The Morgan fingerprint density at radius 3 is 2.78 bits per heavy atom. The van der Waals surface area contributed by atoms with Crippen LogP contribution in [0.3, 0.4) is 0 Å². The van der Waals surface area contributed by atoms with Crippen molar-refractivity contribution in [1.82, 2.24) is 5.32 Å². The average Bonchev–Trinajstić information content (AvgIpc) is 2.13. The van der Waals surface area contributed by atoms with Gasteiger partial charge in [-0.05, 0) is 6.42 Å². The van der Waals surface area contributed by atoms with Crippen LogP contribution in [-0.2, 0) is 9.53 Å². The number of amides is 1. The summed E-state index contributed by atoms with van der Waals surface area (Å²) in [4.78, 5) is 10.6. The van der Waals surface area contributed by atoms with E-state index in [-0.39, 0.29) is 6.23 Å². The Morgan fingerprint density at radius 2 is 2.56 bits per heavy atom. The summed E-state index contributed by atoms with van der Waals surface area (Å²) in [5, 5.41) is 2.93. The van der Waals surface area contributed by atoms with Crippen molar-refractivity contribution in [1.29, 1.82) is 0 Å². The maximum Gasteiger partial charge on any atom is 0.265 e. The second-order valence-corrected chi connectivity index (χ2v) is 2.48. The molecule has 50 valence electrons. The molecular weight excluding hydrogens is 120 g/mol. The van der Waals surface area contributed by atoms with E-state index in [2.05, 4.69) is 5.32 Å². The van der Waals surface area contributed by atoms with Crippen LogP contribution in [0.2, 0.25) is 0 Å². The van der Waals surface area contributed by atoms with Crippen LogP contribution < -0.4 is 11.1 Å². The highest BCUT2D eigenvalue weighted by Gasteiger charge is 2.55. The molecule has 0 aromatic heterocycles.